The molecule has 1 aromatic carbocycles. The Labute approximate surface area is 124 Å². The molecule has 1 amide bonds. The lowest BCUT2D eigenvalue weighted by atomic mass is 9.93. The summed E-state index contributed by atoms with van der Waals surface area (Å²) in [7, 11) is 2.95. The second kappa shape index (κ2) is 5.32. The Bertz CT molecular complexity index is 600. The van der Waals surface area contributed by atoms with Gasteiger partial charge in [-0.1, -0.05) is 33.2 Å². The number of oxime groups is 1. The molecule has 1 heterocycles. The monoisotopic (exact) mass is 341 g/mol. The molecule has 0 aromatic heterocycles. The van der Waals surface area contributed by atoms with E-state index in [1.807, 2.05) is 0 Å². The maximum absolute atomic E-state index is 13.0. The first-order valence-corrected chi connectivity index (χ1v) is 6.61. The van der Waals surface area contributed by atoms with Crippen LogP contribution < -0.4 is 0 Å². The molecule has 0 saturated carbocycles. The number of amides is 1. The average Bonchev–Trinajstić information content (AvgIpc) is 2.66. The van der Waals surface area contributed by atoms with Crippen molar-refractivity contribution in [2.24, 2.45) is 10.3 Å². The molecule has 0 saturated heterocycles. The Kier molecular flexibility index (Phi) is 3.89. The fourth-order valence-corrected chi connectivity index (χ4v) is 2.62. The standard InChI is InChI=1S/C13H13BrFN3O2/c1-8(17-20-3)13(14)11(16-18(2)12(13)19)9-4-6-10(15)7-5-9/h4-7H,1-3H3. The molecule has 0 fully saturated rings. The first-order valence-electron chi connectivity index (χ1n) is 5.81. The summed E-state index contributed by atoms with van der Waals surface area (Å²) in [6.45, 7) is 1.66. The van der Waals surface area contributed by atoms with Gasteiger partial charge in [-0.05, 0) is 19.1 Å². The van der Waals surface area contributed by atoms with E-state index in [-0.39, 0.29) is 11.7 Å². The zero-order valence-corrected chi connectivity index (χ0v) is 12.8. The fourth-order valence-electron chi connectivity index (χ4n) is 1.98. The van der Waals surface area contributed by atoms with E-state index >= 15 is 0 Å². The molecular weight excluding hydrogens is 329 g/mol. The number of alkyl halides is 1. The van der Waals surface area contributed by atoms with Crippen LogP contribution >= 0.6 is 15.9 Å². The van der Waals surface area contributed by atoms with Gasteiger partial charge in [0.25, 0.3) is 5.91 Å². The minimum Gasteiger partial charge on any atom is -0.399 e. The van der Waals surface area contributed by atoms with Gasteiger partial charge in [0, 0.05) is 12.6 Å². The first-order chi connectivity index (χ1) is 9.41. The molecule has 1 atom stereocenters. The smallest absolute Gasteiger partial charge is 0.271 e. The molecule has 1 aliphatic heterocycles. The maximum atomic E-state index is 13.0. The lowest BCUT2D eigenvalue weighted by Crippen LogP contribution is -2.46. The number of hydrogen-bond donors (Lipinski definition) is 0. The van der Waals surface area contributed by atoms with Gasteiger partial charge in [-0.2, -0.15) is 5.10 Å². The molecule has 5 nitrogen and oxygen atoms in total. The van der Waals surface area contributed by atoms with Crippen LogP contribution in [0.25, 0.3) is 0 Å². The third kappa shape index (κ3) is 2.22. The minimum atomic E-state index is -1.20. The van der Waals surface area contributed by atoms with Crippen molar-refractivity contribution < 1.29 is 14.0 Å². The lowest BCUT2D eigenvalue weighted by Gasteiger charge is -2.21. The topological polar surface area (TPSA) is 54.3 Å². The van der Waals surface area contributed by atoms with Gasteiger partial charge in [0.15, 0.2) is 4.32 Å². The predicted octanol–water partition coefficient (Wildman–Crippen LogP) is 2.16. The highest BCUT2D eigenvalue weighted by molar-refractivity contribution is 9.11. The molecule has 0 bridgehead atoms. The van der Waals surface area contributed by atoms with Gasteiger partial charge in [0.05, 0.1) is 5.71 Å². The van der Waals surface area contributed by atoms with E-state index in [4.69, 9.17) is 4.84 Å². The van der Waals surface area contributed by atoms with Crippen LogP contribution in [0.5, 0.6) is 0 Å². The van der Waals surface area contributed by atoms with Crippen LogP contribution in [0, 0.1) is 5.82 Å². The molecule has 0 radical (unpaired) electrons. The van der Waals surface area contributed by atoms with Crippen molar-refractivity contribution in [3.05, 3.63) is 35.6 Å². The first kappa shape index (κ1) is 14.6. The van der Waals surface area contributed by atoms with E-state index in [9.17, 15) is 9.18 Å². The number of carbonyl (C=O) groups excluding carboxylic acids is 1. The third-order valence-corrected chi connectivity index (χ3v) is 4.30. The van der Waals surface area contributed by atoms with Gasteiger partial charge >= 0.3 is 0 Å². The van der Waals surface area contributed by atoms with Crippen molar-refractivity contribution in [3.8, 4) is 0 Å². The van der Waals surface area contributed by atoms with E-state index in [0.29, 0.717) is 17.0 Å². The van der Waals surface area contributed by atoms with Crippen LogP contribution in [0.2, 0.25) is 0 Å². The Hall–Kier alpha value is -1.76. The van der Waals surface area contributed by atoms with E-state index in [2.05, 4.69) is 26.2 Å². The number of halogens is 2. The Morgan fingerprint density at radius 3 is 2.60 bits per heavy atom. The Morgan fingerprint density at radius 2 is 2.05 bits per heavy atom. The average molecular weight is 342 g/mol. The van der Waals surface area contributed by atoms with Crippen LogP contribution in [-0.4, -0.2) is 40.8 Å². The molecule has 7 heteroatoms. The molecular formula is C13H13BrFN3O2. The van der Waals surface area contributed by atoms with Gasteiger partial charge in [-0.25, -0.2) is 9.40 Å². The second-order valence-corrected chi connectivity index (χ2v) is 5.49. The van der Waals surface area contributed by atoms with Crippen molar-refractivity contribution in [3.63, 3.8) is 0 Å². The molecule has 0 spiro atoms. The van der Waals surface area contributed by atoms with Gasteiger partial charge in [0.2, 0.25) is 0 Å². The van der Waals surface area contributed by atoms with Crippen molar-refractivity contribution in [1.29, 1.82) is 0 Å². The summed E-state index contributed by atoms with van der Waals surface area (Å²) >= 11 is 3.41. The largest absolute Gasteiger partial charge is 0.399 e. The van der Waals surface area contributed by atoms with Gasteiger partial charge in [0.1, 0.15) is 18.6 Å². The number of hydrogen-bond acceptors (Lipinski definition) is 4. The van der Waals surface area contributed by atoms with Crippen LogP contribution in [-0.2, 0) is 9.63 Å². The number of hydrazone groups is 1. The van der Waals surface area contributed by atoms with Crippen LogP contribution in [0.3, 0.4) is 0 Å². The maximum Gasteiger partial charge on any atom is 0.271 e. The van der Waals surface area contributed by atoms with E-state index in [1.165, 1.54) is 24.3 Å². The summed E-state index contributed by atoms with van der Waals surface area (Å²) in [4.78, 5) is 17.1. The van der Waals surface area contributed by atoms with E-state index in [0.717, 1.165) is 0 Å². The highest BCUT2D eigenvalue weighted by Crippen LogP contribution is 2.33. The van der Waals surface area contributed by atoms with Crippen molar-refractivity contribution in [2.75, 3.05) is 14.2 Å². The van der Waals surface area contributed by atoms with E-state index in [1.54, 1.807) is 26.1 Å². The predicted molar refractivity (Wildman–Crippen MR) is 77.5 cm³/mol. The van der Waals surface area contributed by atoms with Gasteiger partial charge in [-0.3, -0.25) is 4.79 Å². The zero-order chi connectivity index (χ0) is 14.9. The zero-order valence-electron chi connectivity index (χ0n) is 11.2. The number of carbonyl (C=O) groups is 1. The lowest BCUT2D eigenvalue weighted by molar-refractivity contribution is -0.127. The minimum absolute atomic E-state index is 0.282. The molecule has 1 unspecified atom stereocenters. The molecule has 1 aromatic rings. The molecule has 2 rings (SSSR count). The summed E-state index contributed by atoms with van der Waals surface area (Å²) in [5.41, 5.74) is 1.49. The highest BCUT2D eigenvalue weighted by Gasteiger charge is 2.51. The quantitative estimate of drug-likeness (QED) is 0.480. The highest BCUT2D eigenvalue weighted by atomic mass is 79.9. The summed E-state index contributed by atoms with van der Waals surface area (Å²) < 4.78 is 11.8. The van der Waals surface area contributed by atoms with Crippen molar-refractivity contribution in [2.45, 2.75) is 11.2 Å². The molecule has 20 heavy (non-hydrogen) atoms. The summed E-state index contributed by atoms with van der Waals surface area (Å²) in [5, 5.41) is 9.27. The summed E-state index contributed by atoms with van der Waals surface area (Å²) in [6.07, 6.45) is 0. The van der Waals surface area contributed by atoms with Crippen molar-refractivity contribution in [1.82, 2.24) is 5.01 Å². The Balaban J connectivity index is 2.54. The van der Waals surface area contributed by atoms with E-state index < -0.39 is 4.32 Å². The normalized spacial score (nSPS) is 23.1. The fraction of sp³-hybridized carbons (Fsp3) is 0.308. The third-order valence-electron chi connectivity index (χ3n) is 3.01. The Morgan fingerprint density at radius 1 is 1.45 bits per heavy atom. The number of benzene rings is 1. The number of rotatable bonds is 3. The van der Waals surface area contributed by atoms with Crippen LogP contribution in [0.1, 0.15) is 12.5 Å². The SMILES string of the molecule is CON=C(C)C1(Br)C(=O)N(C)N=C1c1ccc(F)cc1. The molecule has 0 aliphatic carbocycles. The van der Waals surface area contributed by atoms with Gasteiger partial charge in [-0.15, -0.1) is 0 Å². The van der Waals surface area contributed by atoms with Crippen LogP contribution in [0.15, 0.2) is 34.5 Å². The summed E-state index contributed by atoms with van der Waals surface area (Å²) in [5.74, 6) is -0.635. The summed E-state index contributed by atoms with van der Waals surface area (Å²) in [6, 6.07) is 5.77. The van der Waals surface area contributed by atoms with Gasteiger partial charge < -0.3 is 4.84 Å². The molecule has 1 aliphatic rings. The van der Waals surface area contributed by atoms with Crippen molar-refractivity contribution >= 4 is 33.3 Å². The number of nitrogens with zero attached hydrogens (tertiary/aromatic N) is 3. The molecule has 106 valence electrons. The van der Waals surface area contributed by atoms with Crippen LogP contribution in [0.4, 0.5) is 4.39 Å². The second-order valence-electron chi connectivity index (χ2n) is 4.30. The molecule has 0 N–H and O–H groups in total.